The second-order valence-corrected chi connectivity index (χ2v) is 20.1. The molecule has 0 radical (unpaired) electrons. The molecule has 4 aromatic heterocycles. The van der Waals surface area contributed by atoms with Crippen LogP contribution in [0.25, 0.3) is 0 Å². The minimum absolute atomic E-state index is 0.487. The van der Waals surface area contributed by atoms with Crippen molar-refractivity contribution in [2.75, 3.05) is 0 Å². The number of fused-ring (bicyclic) bond motifs is 2. The van der Waals surface area contributed by atoms with Gasteiger partial charge in [0, 0.05) is 85.4 Å². The maximum absolute atomic E-state index is 4.37. The highest BCUT2D eigenvalue weighted by atomic mass is 14.9. The van der Waals surface area contributed by atoms with Crippen molar-refractivity contribution in [3.05, 3.63) is 189 Å². The van der Waals surface area contributed by atoms with Crippen molar-refractivity contribution in [3.63, 3.8) is 0 Å². The van der Waals surface area contributed by atoms with Crippen molar-refractivity contribution >= 4 is 6.21 Å². The molecule has 0 saturated heterocycles. The molecule has 0 bridgehead atoms. The first-order valence-corrected chi connectivity index (χ1v) is 36.9. The van der Waals surface area contributed by atoms with Crippen LogP contribution < -0.4 is 5.32 Å². The molecule has 6 nitrogen and oxygen atoms in total. The third kappa shape index (κ3) is 56.0. The van der Waals surface area contributed by atoms with E-state index >= 15 is 0 Å². The summed E-state index contributed by atoms with van der Waals surface area (Å²) in [6, 6.07) is 19.6. The second kappa shape index (κ2) is 78.9. The number of nitrogens with zero attached hydrogens (tertiary/aromatic N) is 5. The van der Waals surface area contributed by atoms with Gasteiger partial charge in [0.15, 0.2) is 0 Å². The SMILES string of the molecule is CC.CC.CC.CC.CC.CC.CC.CC.CC.CC.CC.CC.CC(C)c1ccc2c(c1)CNC2.CC1=CC2C=CC(C(C)C)=CC2C=N1.CCc1ccc(C(C)C)cn1.Cc1ccc(C(C)C)cn1.Cc1cncc(C(C)C)c1.Cc1cncc(C(C)C)c1. The Bertz CT molecular complexity index is 2280. The third-order valence-corrected chi connectivity index (χ3v) is 12.0. The molecule has 0 saturated carbocycles. The molecule has 6 heteroatoms. The number of aryl methyl sites for hydroxylation is 4. The zero-order valence-corrected chi connectivity index (χ0v) is 68.5. The fraction of sp³-hybridized carbons (Fsp3) is 0.612. The van der Waals surface area contributed by atoms with Crippen molar-refractivity contribution in [2.24, 2.45) is 22.7 Å². The van der Waals surface area contributed by atoms with Gasteiger partial charge in [-0.3, -0.25) is 24.9 Å². The summed E-state index contributed by atoms with van der Waals surface area (Å²) in [7, 11) is 0. The zero-order valence-electron chi connectivity index (χ0n) is 68.5. The lowest BCUT2D eigenvalue weighted by Crippen LogP contribution is -2.17. The van der Waals surface area contributed by atoms with Gasteiger partial charge in [0.1, 0.15) is 0 Å². The van der Waals surface area contributed by atoms with E-state index in [1.807, 2.05) is 210 Å². The van der Waals surface area contributed by atoms with Gasteiger partial charge in [-0.05, 0) is 137 Å². The number of rotatable bonds is 7. The number of allylic oxidation sites excluding steroid dienone is 6. The molecule has 6 heterocycles. The van der Waals surface area contributed by atoms with Gasteiger partial charge in [-0.2, -0.15) is 0 Å². The van der Waals surface area contributed by atoms with Gasteiger partial charge in [-0.15, -0.1) is 0 Å². The predicted octanol–water partition coefficient (Wildman–Crippen LogP) is 28.4. The molecular formula is C85H158N6. The summed E-state index contributed by atoms with van der Waals surface area (Å²) in [5.41, 5.74) is 17.0. The Kier molecular flexibility index (Phi) is 93.0. The molecule has 0 amide bonds. The summed E-state index contributed by atoms with van der Waals surface area (Å²) in [6.07, 6.45) is 23.8. The van der Waals surface area contributed by atoms with Gasteiger partial charge in [0.05, 0.1) is 0 Å². The average molecular weight is 1260 g/mol. The molecule has 528 valence electrons. The topological polar surface area (TPSA) is 76.0 Å². The van der Waals surface area contributed by atoms with E-state index in [-0.39, 0.29) is 0 Å². The summed E-state index contributed by atoms with van der Waals surface area (Å²) in [4.78, 5) is 21.1. The van der Waals surface area contributed by atoms with E-state index in [9.17, 15) is 0 Å². The van der Waals surface area contributed by atoms with Crippen molar-refractivity contribution in [1.82, 2.24) is 25.3 Å². The smallest absolute Gasteiger partial charge is 0.0401 e. The van der Waals surface area contributed by atoms with E-state index in [1.165, 1.54) is 61.3 Å². The fourth-order valence-electron chi connectivity index (χ4n) is 7.23. The van der Waals surface area contributed by atoms with Gasteiger partial charge in [-0.25, -0.2) is 0 Å². The molecule has 3 aliphatic rings. The third-order valence-electron chi connectivity index (χ3n) is 12.0. The van der Waals surface area contributed by atoms with Crippen LogP contribution in [0.2, 0.25) is 0 Å². The maximum Gasteiger partial charge on any atom is 0.0401 e. The number of hydrogen-bond acceptors (Lipinski definition) is 6. The minimum atomic E-state index is 0.487. The van der Waals surface area contributed by atoms with E-state index in [4.69, 9.17) is 0 Å². The molecule has 91 heavy (non-hydrogen) atoms. The quantitative estimate of drug-likeness (QED) is 0.176. The van der Waals surface area contributed by atoms with Gasteiger partial charge >= 0.3 is 0 Å². The second-order valence-electron chi connectivity index (χ2n) is 20.1. The molecule has 1 aromatic carbocycles. The van der Waals surface area contributed by atoms with Crippen molar-refractivity contribution in [2.45, 2.75) is 333 Å². The Labute approximate surface area is 573 Å². The Balaban J connectivity index is -0.000000101. The van der Waals surface area contributed by atoms with Crippen molar-refractivity contribution in [1.29, 1.82) is 0 Å². The highest BCUT2D eigenvalue weighted by Gasteiger charge is 2.21. The molecule has 2 unspecified atom stereocenters. The predicted molar refractivity (Wildman–Crippen MR) is 425 cm³/mol. The summed E-state index contributed by atoms with van der Waals surface area (Å²) < 4.78 is 0. The average Bonchev–Trinajstić information content (AvgIpc) is 3.15. The Morgan fingerprint density at radius 2 is 0.769 bits per heavy atom. The van der Waals surface area contributed by atoms with E-state index in [2.05, 4.69) is 226 Å². The van der Waals surface area contributed by atoms with E-state index in [0.717, 1.165) is 30.9 Å². The summed E-state index contributed by atoms with van der Waals surface area (Å²) in [5.74, 6) is 4.65. The Morgan fingerprint density at radius 1 is 0.385 bits per heavy atom. The Hall–Kier alpha value is -5.33. The molecule has 0 spiro atoms. The van der Waals surface area contributed by atoms with Gasteiger partial charge in [0.2, 0.25) is 0 Å². The number of nitrogens with one attached hydrogen (secondary N) is 1. The van der Waals surface area contributed by atoms with Gasteiger partial charge in [-0.1, -0.05) is 323 Å². The van der Waals surface area contributed by atoms with Gasteiger partial charge in [0.25, 0.3) is 0 Å². The zero-order chi connectivity index (χ0) is 73.6. The minimum Gasteiger partial charge on any atom is -0.309 e. The van der Waals surface area contributed by atoms with Crippen LogP contribution in [0.3, 0.4) is 0 Å². The number of aliphatic imine (C=N–C) groups is 1. The number of benzene rings is 1. The lowest BCUT2D eigenvalue weighted by atomic mass is 9.82. The van der Waals surface area contributed by atoms with Crippen molar-refractivity contribution < 1.29 is 0 Å². The molecule has 1 aliphatic carbocycles. The van der Waals surface area contributed by atoms with Crippen LogP contribution in [0.1, 0.15) is 354 Å². The number of pyridine rings is 4. The van der Waals surface area contributed by atoms with E-state index in [0.29, 0.717) is 47.3 Å². The molecule has 2 aliphatic heterocycles. The largest absolute Gasteiger partial charge is 0.309 e. The van der Waals surface area contributed by atoms with E-state index in [1.54, 1.807) is 0 Å². The molecule has 8 rings (SSSR count). The first-order valence-electron chi connectivity index (χ1n) is 36.9. The van der Waals surface area contributed by atoms with Crippen LogP contribution in [0, 0.1) is 38.5 Å². The summed E-state index contributed by atoms with van der Waals surface area (Å²) in [6.45, 7) is 86.8. The monoisotopic (exact) mass is 1260 g/mol. The first kappa shape index (κ1) is 107. The number of aromatic nitrogens is 4. The van der Waals surface area contributed by atoms with Crippen LogP contribution in [0.15, 0.2) is 132 Å². The van der Waals surface area contributed by atoms with Crippen LogP contribution in [0.4, 0.5) is 0 Å². The van der Waals surface area contributed by atoms with Crippen molar-refractivity contribution in [3.8, 4) is 0 Å². The highest BCUT2D eigenvalue weighted by Crippen LogP contribution is 2.30. The molecule has 0 fully saturated rings. The van der Waals surface area contributed by atoms with Crippen LogP contribution in [0.5, 0.6) is 0 Å². The lowest BCUT2D eigenvalue weighted by molar-refractivity contribution is 0.664. The summed E-state index contributed by atoms with van der Waals surface area (Å²) in [5, 5.41) is 3.35. The van der Waals surface area contributed by atoms with E-state index < -0.39 is 0 Å². The normalized spacial score (nSPS) is 12.1. The number of hydrogen-bond donors (Lipinski definition) is 1. The standard InChI is InChI=1S/C13H17N.C11H15N.C10H15N.3C9H13N.12C2H6/c1-9(2)11-4-5-12-6-10(3)14-8-13(12)7-11;1-8(2)9-3-4-10-6-12-7-11(10)5-9;1-4-10-6-5-9(7-11-10)8(2)3;2*1-7(2)9-4-8(3)5-10-6-9;1-7(2)9-5-4-8(3)10-6-9;12*1-2/h4-9,12-13H,1-3H3;3-5,8,12H,6-7H2,1-2H3;5-8H,4H2,1-3H3;3*4-7H,1-3H3;12*1-2H3. The lowest BCUT2D eigenvalue weighted by Gasteiger charge is -2.24. The van der Waals surface area contributed by atoms with Gasteiger partial charge < -0.3 is 5.32 Å². The summed E-state index contributed by atoms with van der Waals surface area (Å²) >= 11 is 0. The maximum atomic E-state index is 4.37. The molecular weight excluding hydrogens is 1100 g/mol. The fourth-order valence-corrected chi connectivity index (χ4v) is 7.23. The van der Waals surface area contributed by atoms with Crippen LogP contribution >= 0.6 is 0 Å². The first-order chi connectivity index (χ1) is 43.8. The molecule has 1 N–H and O–H groups in total. The molecule has 5 aromatic rings. The van der Waals surface area contributed by atoms with Crippen LogP contribution in [-0.2, 0) is 19.5 Å². The highest BCUT2D eigenvalue weighted by molar-refractivity contribution is 5.69. The molecule has 2 atom stereocenters. The Morgan fingerprint density at radius 3 is 1.10 bits per heavy atom. The van der Waals surface area contributed by atoms with Crippen LogP contribution in [-0.4, -0.2) is 26.2 Å².